The predicted molar refractivity (Wildman–Crippen MR) is 64.1 cm³/mol. The maximum absolute atomic E-state index is 6.26. The molecular formula is C13H20N2O. The molecule has 0 aromatic carbocycles. The third kappa shape index (κ3) is 2.60. The monoisotopic (exact) mass is 220 g/mol. The van der Waals surface area contributed by atoms with Crippen LogP contribution in [0.3, 0.4) is 0 Å². The Hall–Kier alpha value is -0.930. The molecule has 0 amide bonds. The van der Waals surface area contributed by atoms with E-state index in [1.54, 1.807) is 6.20 Å². The van der Waals surface area contributed by atoms with Crippen molar-refractivity contribution in [2.45, 2.75) is 44.2 Å². The number of hydrogen-bond acceptors (Lipinski definition) is 3. The number of pyridine rings is 1. The van der Waals surface area contributed by atoms with E-state index in [2.05, 4.69) is 18.0 Å². The van der Waals surface area contributed by atoms with Crippen LogP contribution in [0.2, 0.25) is 0 Å². The largest absolute Gasteiger partial charge is 0.374 e. The van der Waals surface area contributed by atoms with Crippen molar-refractivity contribution in [2.75, 3.05) is 6.61 Å². The summed E-state index contributed by atoms with van der Waals surface area (Å²) in [5.41, 5.74) is 7.29. The highest BCUT2D eigenvalue weighted by Crippen LogP contribution is 2.28. The molecule has 0 spiro atoms. The van der Waals surface area contributed by atoms with Crippen molar-refractivity contribution in [2.24, 2.45) is 5.73 Å². The second kappa shape index (κ2) is 4.93. The van der Waals surface area contributed by atoms with Crippen LogP contribution in [0.4, 0.5) is 0 Å². The average molecular weight is 220 g/mol. The summed E-state index contributed by atoms with van der Waals surface area (Å²) in [5.74, 6) is 0. The molecule has 88 valence electrons. The van der Waals surface area contributed by atoms with Crippen LogP contribution in [0.15, 0.2) is 24.5 Å². The minimum absolute atomic E-state index is 0.0528. The first-order chi connectivity index (χ1) is 7.71. The topological polar surface area (TPSA) is 48.1 Å². The molecule has 3 nitrogen and oxygen atoms in total. The van der Waals surface area contributed by atoms with Crippen molar-refractivity contribution in [3.05, 3.63) is 30.1 Å². The summed E-state index contributed by atoms with van der Waals surface area (Å²) < 4.78 is 5.85. The minimum Gasteiger partial charge on any atom is -0.374 e. The lowest BCUT2D eigenvalue weighted by molar-refractivity contribution is -0.0808. The van der Waals surface area contributed by atoms with Crippen molar-refractivity contribution in [3.8, 4) is 0 Å². The molecule has 16 heavy (non-hydrogen) atoms. The van der Waals surface area contributed by atoms with Crippen molar-refractivity contribution >= 4 is 0 Å². The Morgan fingerprint density at radius 1 is 1.56 bits per heavy atom. The van der Waals surface area contributed by atoms with Crippen LogP contribution in [0.1, 0.15) is 31.7 Å². The Balaban J connectivity index is 1.99. The zero-order valence-corrected chi connectivity index (χ0v) is 9.86. The van der Waals surface area contributed by atoms with Crippen LogP contribution >= 0.6 is 0 Å². The van der Waals surface area contributed by atoms with Crippen LogP contribution in [0, 0.1) is 0 Å². The molecule has 0 saturated carbocycles. The molecule has 0 aliphatic carbocycles. The van der Waals surface area contributed by atoms with Gasteiger partial charge in [0.05, 0.1) is 5.60 Å². The number of hydrogen-bond donors (Lipinski definition) is 1. The maximum Gasteiger partial charge on any atom is 0.0807 e. The fraction of sp³-hybridized carbons (Fsp3) is 0.615. The second-order valence-electron chi connectivity index (χ2n) is 4.79. The van der Waals surface area contributed by atoms with E-state index in [1.165, 1.54) is 12.0 Å². The van der Waals surface area contributed by atoms with Crippen molar-refractivity contribution < 1.29 is 4.74 Å². The van der Waals surface area contributed by atoms with E-state index < -0.39 is 0 Å². The summed E-state index contributed by atoms with van der Waals surface area (Å²) in [4.78, 5) is 4.11. The Morgan fingerprint density at radius 3 is 3.06 bits per heavy atom. The number of nitrogens with zero attached hydrogens (tertiary/aromatic N) is 1. The zero-order valence-electron chi connectivity index (χ0n) is 9.86. The summed E-state index contributed by atoms with van der Waals surface area (Å²) >= 11 is 0. The molecule has 1 saturated heterocycles. The van der Waals surface area contributed by atoms with Crippen LogP contribution in [0.5, 0.6) is 0 Å². The lowest BCUT2D eigenvalue weighted by Gasteiger charge is -2.38. The fourth-order valence-corrected chi connectivity index (χ4v) is 2.24. The lowest BCUT2D eigenvalue weighted by Crippen LogP contribution is -2.50. The van der Waals surface area contributed by atoms with Crippen molar-refractivity contribution in [1.29, 1.82) is 0 Å². The van der Waals surface area contributed by atoms with Gasteiger partial charge in [0.1, 0.15) is 0 Å². The summed E-state index contributed by atoms with van der Waals surface area (Å²) in [6.07, 6.45) is 7.95. The highest BCUT2D eigenvalue weighted by molar-refractivity contribution is 5.12. The SMILES string of the molecule is CC1(C(N)Cc2cccnc2)CCCCO1. The van der Waals surface area contributed by atoms with E-state index in [1.807, 2.05) is 12.3 Å². The highest BCUT2D eigenvalue weighted by Gasteiger charge is 2.34. The van der Waals surface area contributed by atoms with E-state index in [-0.39, 0.29) is 11.6 Å². The van der Waals surface area contributed by atoms with Crippen LogP contribution in [-0.4, -0.2) is 23.2 Å². The number of rotatable bonds is 3. The van der Waals surface area contributed by atoms with Gasteiger partial charge in [0, 0.05) is 25.0 Å². The molecule has 2 N–H and O–H groups in total. The summed E-state index contributed by atoms with van der Waals surface area (Å²) in [6.45, 7) is 2.98. The predicted octanol–water partition coefficient (Wildman–Crippen LogP) is 1.91. The molecule has 1 aliphatic rings. The molecule has 1 fully saturated rings. The molecule has 1 aromatic heterocycles. The molecule has 1 aromatic rings. The molecule has 0 radical (unpaired) electrons. The number of aromatic nitrogens is 1. The first-order valence-electron chi connectivity index (χ1n) is 5.99. The molecule has 0 bridgehead atoms. The number of nitrogens with two attached hydrogens (primary N) is 1. The Bertz CT molecular complexity index is 320. The summed E-state index contributed by atoms with van der Waals surface area (Å²) in [6, 6.07) is 4.07. The van der Waals surface area contributed by atoms with E-state index in [9.17, 15) is 0 Å². The quantitative estimate of drug-likeness (QED) is 0.846. The van der Waals surface area contributed by atoms with Crippen LogP contribution < -0.4 is 5.73 Å². The van der Waals surface area contributed by atoms with Gasteiger partial charge in [0.25, 0.3) is 0 Å². The van der Waals surface area contributed by atoms with Gasteiger partial charge in [0.2, 0.25) is 0 Å². The first-order valence-corrected chi connectivity index (χ1v) is 5.99. The molecule has 2 rings (SSSR count). The van der Waals surface area contributed by atoms with Crippen molar-refractivity contribution in [1.82, 2.24) is 4.98 Å². The van der Waals surface area contributed by atoms with Gasteiger partial charge in [-0.2, -0.15) is 0 Å². The molecular weight excluding hydrogens is 200 g/mol. The molecule has 2 unspecified atom stereocenters. The van der Waals surface area contributed by atoms with Gasteiger partial charge < -0.3 is 10.5 Å². The molecule has 3 heteroatoms. The Kier molecular flexibility index (Phi) is 3.56. The highest BCUT2D eigenvalue weighted by atomic mass is 16.5. The van der Waals surface area contributed by atoms with Gasteiger partial charge in [-0.3, -0.25) is 4.98 Å². The van der Waals surface area contributed by atoms with Crippen molar-refractivity contribution in [3.63, 3.8) is 0 Å². The Morgan fingerprint density at radius 2 is 2.44 bits per heavy atom. The minimum atomic E-state index is -0.159. The average Bonchev–Trinajstić information content (AvgIpc) is 2.31. The molecule has 2 heterocycles. The molecule has 1 aliphatic heterocycles. The van der Waals surface area contributed by atoms with E-state index in [4.69, 9.17) is 10.5 Å². The number of ether oxygens (including phenoxy) is 1. The Labute approximate surface area is 97.0 Å². The zero-order chi connectivity index (χ0) is 11.4. The van der Waals surface area contributed by atoms with E-state index in [0.29, 0.717) is 0 Å². The van der Waals surface area contributed by atoms with Gasteiger partial charge in [-0.25, -0.2) is 0 Å². The van der Waals surface area contributed by atoms with Gasteiger partial charge >= 0.3 is 0 Å². The van der Waals surface area contributed by atoms with E-state index in [0.717, 1.165) is 25.9 Å². The summed E-state index contributed by atoms with van der Waals surface area (Å²) in [5, 5.41) is 0. The fourth-order valence-electron chi connectivity index (χ4n) is 2.24. The van der Waals surface area contributed by atoms with Gasteiger partial charge in [-0.05, 0) is 44.2 Å². The lowest BCUT2D eigenvalue weighted by atomic mass is 9.85. The second-order valence-corrected chi connectivity index (χ2v) is 4.79. The molecule has 2 atom stereocenters. The van der Waals surface area contributed by atoms with Gasteiger partial charge in [-0.15, -0.1) is 0 Å². The third-order valence-corrected chi connectivity index (χ3v) is 3.46. The summed E-state index contributed by atoms with van der Waals surface area (Å²) in [7, 11) is 0. The van der Waals surface area contributed by atoms with Gasteiger partial charge in [0.15, 0.2) is 0 Å². The maximum atomic E-state index is 6.26. The van der Waals surface area contributed by atoms with Crippen LogP contribution in [0.25, 0.3) is 0 Å². The van der Waals surface area contributed by atoms with Crippen LogP contribution in [-0.2, 0) is 11.2 Å². The smallest absolute Gasteiger partial charge is 0.0807 e. The standard InChI is InChI=1S/C13H20N2O/c1-13(6-2-3-8-16-13)12(14)9-11-5-4-7-15-10-11/h4-5,7,10,12H,2-3,6,8-9,14H2,1H3. The first kappa shape index (κ1) is 11.6. The normalized spacial score (nSPS) is 27.6. The van der Waals surface area contributed by atoms with E-state index >= 15 is 0 Å². The third-order valence-electron chi connectivity index (χ3n) is 3.46. The van der Waals surface area contributed by atoms with Gasteiger partial charge in [-0.1, -0.05) is 6.07 Å².